The molecule has 1 rings (SSSR count). The fraction of sp³-hybridized carbons (Fsp3) is 0.500. The number of hydrogen-bond acceptors (Lipinski definition) is 4. The topological polar surface area (TPSA) is 67.8 Å². The molecule has 0 aromatic carbocycles. The van der Waals surface area contributed by atoms with Crippen LogP contribution in [0.5, 0.6) is 0 Å². The molecule has 0 saturated carbocycles. The van der Waals surface area contributed by atoms with E-state index in [1.165, 1.54) is 12.4 Å². The number of carbonyl (C=O) groups is 1. The first-order chi connectivity index (χ1) is 6.83. The van der Waals surface area contributed by atoms with E-state index in [9.17, 15) is 4.79 Å². The third-order valence-corrected chi connectivity index (χ3v) is 2.08. The molecule has 0 aliphatic carbocycles. The van der Waals surface area contributed by atoms with Gasteiger partial charge in [-0.05, 0) is 12.8 Å². The van der Waals surface area contributed by atoms with Gasteiger partial charge in [0, 0.05) is 11.8 Å². The molecule has 1 amide bonds. The highest BCUT2D eigenvalue weighted by atomic mass is 79.9. The van der Waals surface area contributed by atoms with Gasteiger partial charge in [0.25, 0.3) is 0 Å². The third-order valence-electron chi connectivity index (χ3n) is 1.52. The Labute approximate surface area is 90.5 Å². The van der Waals surface area contributed by atoms with E-state index in [4.69, 9.17) is 0 Å². The van der Waals surface area contributed by atoms with Gasteiger partial charge in [-0.15, -0.1) is 5.10 Å². The first-order valence-electron chi connectivity index (χ1n) is 4.32. The van der Waals surface area contributed by atoms with Crippen LogP contribution >= 0.6 is 15.9 Å². The lowest BCUT2D eigenvalue weighted by molar-refractivity contribution is -0.116. The summed E-state index contributed by atoms with van der Waals surface area (Å²) in [5, 5.41) is 10.7. The molecule has 0 bridgehead atoms. The van der Waals surface area contributed by atoms with Gasteiger partial charge in [0.05, 0.1) is 12.4 Å². The molecule has 0 radical (unpaired) electrons. The Bertz CT molecular complexity index is 280. The summed E-state index contributed by atoms with van der Waals surface area (Å²) in [5.74, 6) is 0.190. The van der Waals surface area contributed by atoms with E-state index < -0.39 is 0 Å². The molecule has 1 heterocycles. The van der Waals surface area contributed by atoms with E-state index in [1.807, 2.05) is 0 Å². The highest BCUT2D eigenvalue weighted by Crippen LogP contribution is 2.01. The smallest absolute Gasteiger partial charge is 0.249 e. The molecule has 0 aliphatic heterocycles. The van der Waals surface area contributed by atoms with Crippen molar-refractivity contribution in [2.45, 2.75) is 19.3 Å². The zero-order valence-corrected chi connectivity index (χ0v) is 9.20. The number of carbonyl (C=O) groups excluding carboxylic acids is 1. The molecule has 0 fully saturated rings. The van der Waals surface area contributed by atoms with E-state index >= 15 is 0 Å². The Kier molecular flexibility index (Phi) is 5.06. The number of hydrogen-bond donors (Lipinski definition) is 1. The Morgan fingerprint density at radius 1 is 1.43 bits per heavy atom. The first kappa shape index (κ1) is 11.0. The molecule has 1 aromatic rings. The number of unbranched alkanes of at least 4 members (excludes halogenated alkanes) is 1. The van der Waals surface area contributed by atoms with Crippen molar-refractivity contribution in [3.05, 3.63) is 12.4 Å². The van der Waals surface area contributed by atoms with Crippen LogP contribution in [0, 0.1) is 0 Å². The van der Waals surface area contributed by atoms with E-state index in [-0.39, 0.29) is 11.9 Å². The fourth-order valence-electron chi connectivity index (χ4n) is 0.872. The monoisotopic (exact) mass is 258 g/mol. The van der Waals surface area contributed by atoms with Crippen LogP contribution in [-0.2, 0) is 4.79 Å². The highest BCUT2D eigenvalue weighted by molar-refractivity contribution is 9.09. The van der Waals surface area contributed by atoms with Crippen LogP contribution in [-0.4, -0.2) is 26.4 Å². The Balaban J connectivity index is 2.27. The first-order valence-corrected chi connectivity index (χ1v) is 5.44. The number of halogens is 1. The van der Waals surface area contributed by atoms with Crippen molar-refractivity contribution >= 4 is 27.8 Å². The summed E-state index contributed by atoms with van der Waals surface area (Å²) >= 11 is 3.30. The number of nitrogens with one attached hydrogen (secondary N) is 1. The van der Waals surface area contributed by atoms with Crippen molar-refractivity contribution in [1.29, 1.82) is 0 Å². The van der Waals surface area contributed by atoms with Gasteiger partial charge < -0.3 is 0 Å². The van der Waals surface area contributed by atoms with Gasteiger partial charge in [-0.1, -0.05) is 15.9 Å². The second kappa shape index (κ2) is 6.42. The average Bonchev–Trinajstić information content (AvgIpc) is 2.20. The Morgan fingerprint density at radius 3 is 2.93 bits per heavy atom. The van der Waals surface area contributed by atoms with Crippen LogP contribution < -0.4 is 5.32 Å². The van der Waals surface area contributed by atoms with E-state index in [1.54, 1.807) is 0 Å². The minimum Gasteiger partial charge on any atom is -0.293 e. The largest absolute Gasteiger partial charge is 0.293 e. The lowest BCUT2D eigenvalue weighted by atomic mass is 10.2. The van der Waals surface area contributed by atoms with E-state index in [0.29, 0.717) is 6.42 Å². The lowest BCUT2D eigenvalue weighted by Gasteiger charge is -2.00. The predicted octanol–water partition coefficient (Wildman–Crippen LogP) is 1.38. The molecule has 6 heteroatoms. The van der Waals surface area contributed by atoms with Gasteiger partial charge in [0.2, 0.25) is 11.9 Å². The number of rotatable bonds is 5. The van der Waals surface area contributed by atoms with Crippen LogP contribution in [0.3, 0.4) is 0 Å². The summed E-state index contributed by atoms with van der Waals surface area (Å²) in [7, 11) is 0. The predicted molar refractivity (Wildman–Crippen MR) is 56.1 cm³/mol. The van der Waals surface area contributed by atoms with Gasteiger partial charge in [-0.25, -0.2) is 4.98 Å². The molecule has 14 heavy (non-hydrogen) atoms. The summed E-state index contributed by atoms with van der Waals surface area (Å²) < 4.78 is 0. The molecule has 1 aromatic heterocycles. The van der Waals surface area contributed by atoms with Crippen molar-refractivity contribution in [3.63, 3.8) is 0 Å². The molecule has 76 valence electrons. The summed E-state index contributed by atoms with van der Waals surface area (Å²) in [6, 6.07) is 0. The maximum atomic E-state index is 11.3. The number of amides is 1. The summed E-state index contributed by atoms with van der Waals surface area (Å²) in [6.07, 6.45) is 5.28. The molecule has 0 unspecified atom stereocenters. The lowest BCUT2D eigenvalue weighted by Crippen LogP contribution is -2.13. The second-order valence-electron chi connectivity index (χ2n) is 2.66. The second-order valence-corrected chi connectivity index (χ2v) is 3.45. The number of nitrogens with zero attached hydrogens (tertiary/aromatic N) is 3. The van der Waals surface area contributed by atoms with Crippen LogP contribution in [0.4, 0.5) is 5.95 Å². The summed E-state index contributed by atoms with van der Waals surface area (Å²) in [5.41, 5.74) is 0. The fourth-order valence-corrected chi connectivity index (χ4v) is 1.27. The van der Waals surface area contributed by atoms with Crippen molar-refractivity contribution in [1.82, 2.24) is 15.2 Å². The number of alkyl halides is 1. The average molecular weight is 259 g/mol. The van der Waals surface area contributed by atoms with Crippen LogP contribution in [0.25, 0.3) is 0 Å². The SMILES string of the molecule is O=C(CCCCBr)Nc1nccnn1. The normalized spacial score (nSPS) is 9.79. The van der Waals surface area contributed by atoms with Crippen molar-refractivity contribution in [2.75, 3.05) is 10.6 Å². The molecular weight excluding hydrogens is 248 g/mol. The standard InChI is InChI=1S/C8H11BrN4O/c9-4-2-1-3-7(14)12-8-10-5-6-11-13-8/h5-6H,1-4H2,(H,10,12,13,14). The van der Waals surface area contributed by atoms with Gasteiger partial charge in [0.15, 0.2) is 0 Å². The van der Waals surface area contributed by atoms with Crippen molar-refractivity contribution in [2.24, 2.45) is 0 Å². The molecule has 0 aliphatic rings. The van der Waals surface area contributed by atoms with Gasteiger partial charge >= 0.3 is 0 Å². The van der Waals surface area contributed by atoms with Gasteiger partial charge in [-0.3, -0.25) is 10.1 Å². The minimum absolute atomic E-state index is 0.0704. The Morgan fingerprint density at radius 2 is 2.29 bits per heavy atom. The maximum absolute atomic E-state index is 11.3. The zero-order valence-electron chi connectivity index (χ0n) is 7.61. The molecule has 5 nitrogen and oxygen atoms in total. The van der Waals surface area contributed by atoms with Crippen molar-refractivity contribution < 1.29 is 4.79 Å². The molecule has 1 N–H and O–H groups in total. The Hall–Kier alpha value is -1.04. The van der Waals surface area contributed by atoms with Crippen molar-refractivity contribution in [3.8, 4) is 0 Å². The zero-order chi connectivity index (χ0) is 10.2. The quantitative estimate of drug-likeness (QED) is 0.640. The third kappa shape index (κ3) is 4.27. The van der Waals surface area contributed by atoms with Crippen LogP contribution in [0.15, 0.2) is 12.4 Å². The molecule has 0 saturated heterocycles. The molecule has 0 spiro atoms. The molecular formula is C8H11BrN4O. The maximum Gasteiger partial charge on any atom is 0.249 e. The summed E-state index contributed by atoms with van der Waals surface area (Å²) in [6.45, 7) is 0. The van der Waals surface area contributed by atoms with Crippen LogP contribution in [0.2, 0.25) is 0 Å². The van der Waals surface area contributed by atoms with E-state index in [0.717, 1.165) is 18.2 Å². The summed E-state index contributed by atoms with van der Waals surface area (Å²) in [4.78, 5) is 15.1. The van der Waals surface area contributed by atoms with E-state index in [2.05, 4.69) is 36.4 Å². The molecule has 0 atom stereocenters. The van der Waals surface area contributed by atoms with Gasteiger partial charge in [-0.2, -0.15) is 5.10 Å². The minimum atomic E-state index is -0.0704. The van der Waals surface area contributed by atoms with Gasteiger partial charge in [0.1, 0.15) is 0 Å². The van der Waals surface area contributed by atoms with Crippen LogP contribution in [0.1, 0.15) is 19.3 Å². The highest BCUT2D eigenvalue weighted by Gasteiger charge is 2.02. The number of aromatic nitrogens is 3. The number of anilines is 1.